The van der Waals surface area contributed by atoms with E-state index in [0.29, 0.717) is 38.2 Å². The SMILES string of the molecule is CCCCn1c(CN2CCN(S(=O)(=O)c3cccnc3)CC2)nc2cc(S(N)(=O)=O)ccc21. The fourth-order valence-corrected chi connectivity index (χ4v) is 5.92. The third kappa shape index (κ3) is 5.09. The number of hydrogen-bond acceptors (Lipinski definition) is 7. The van der Waals surface area contributed by atoms with Crippen LogP contribution in [0.3, 0.4) is 0 Å². The van der Waals surface area contributed by atoms with Gasteiger partial charge in [0.25, 0.3) is 0 Å². The van der Waals surface area contributed by atoms with Crippen LogP contribution in [0.15, 0.2) is 52.5 Å². The lowest BCUT2D eigenvalue weighted by Crippen LogP contribution is -2.48. The van der Waals surface area contributed by atoms with Crippen molar-refractivity contribution in [3.05, 3.63) is 48.5 Å². The summed E-state index contributed by atoms with van der Waals surface area (Å²) in [5.41, 5.74) is 1.45. The smallest absolute Gasteiger partial charge is 0.244 e. The second kappa shape index (κ2) is 9.47. The summed E-state index contributed by atoms with van der Waals surface area (Å²) in [5.74, 6) is 0.827. The molecule has 33 heavy (non-hydrogen) atoms. The Morgan fingerprint density at radius 3 is 2.42 bits per heavy atom. The van der Waals surface area contributed by atoms with E-state index in [2.05, 4.69) is 21.4 Å². The molecule has 0 saturated carbocycles. The molecule has 0 aliphatic carbocycles. The molecule has 0 atom stereocenters. The van der Waals surface area contributed by atoms with Gasteiger partial charge in [-0.05, 0) is 36.8 Å². The Morgan fingerprint density at radius 2 is 1.79 bits per heavy atom. The fourth-order valence-electron chi connectivity index (χ4n) is 4.00. The number of primary sulfonamides is 1. The van der Waals surface area contributed by atoms with Gasteiger partial charge in [0.05, 0.1) is 22.5 Å². The molecule has 0 unspecified atom stereocenters. The van der Waals surface area contributed by atoms with Gasteiger partial charge in [0.1, 0.15) is 10.7 Å². The first kappa shape index (κ1) is 23.8. The number of imidazole rings is 1. The van der Waals surface area contributed by atoms with Gasteiger partial charge in [0, 0.05) is 45.1 Å². The summed E-state index contributed by atoms with van der Waals surface area (Å²) in [6.07, 6.45) is 4.90. The molecule has 2 aromatic heterocycles. The molecule has 0 bridgehead atoms. The molecule has 1 saturated heterocycles. The summed E-state index contributed by atoms with van der Waals surface area (Å²) < 4.78 is 52.8. The van der Waals surface area contributed by atoms with Crippen LogP contribution in [0.4, 0.5) is 0 Å². The Labute approximate surface area is 194 Å². The molecule has 0 radical (unpaired) electrons. The highest BCUT2D eigenvalue weighted by Crippen LogP contribution is 2.23. The number of hydrogen-bond donors (Lipinski definition) is 1. The molecular weight excluding hydrogens is 464 g/mol. The topological polar surface area (TPSA) is 131 Å². The van der Waals surface area contributed by atoms with Crippen LogP contribution in [-0.4, -0.2) is 66.8 Å². The monoisotopic (exact) mass is 492 g/mol. The van der Waals surface area contributed by atoms with Crippen LogP contribution in [-0.2, 0) is 33.1 Å². The molecule has 1 aliphatic rings. The molecule has 2 N–H and O–H groups in total. The van der Waals surface area contributed by atoms with Crippen molar-refractivity contribution in [2.45, 2.75) is 42.6 Å². The maximum Gasteiger partial charge on any atom is 0.244 e. The summed E-state index contributed by atoms with van der Waals surface area (Å²) in [7, 11) is -7.37. The van der Waals surface area contributed by atoms with E-state index in [4.69, 9.17) is 10.1 Å². The quantitative estimate of drug-likeness (QED) is 0.502. The van der Waals surface area contributed by atoms with Gasteiger partial charge >= 0.3 is 0 Å². The highest BCUT2D eigenvalue weighted by atomic mass is 32.2. The molecule has 0 amide bonds. The van der Waals surface area contributed by atoms with Crippen molar-refractivity contribution in [2.24, 2.45) is 5.14 Å². The van der Waals surface area contributed by atoms with E-state index in [1.165, 1.54) is 22.6 Å². The number of aromatic nitrogens is 3. The number of fused-ring (bicyclic) bond motifs is 1. The number of pyridine rings is 1. The Bertz CT molecular complexity index is 1330. The van der Waals surface area contributed by atoms with Gasteiger partial charge in [-0.3, -0.25) is 9.88 Å². The van der Waals surface area contributed by atoms with Crippen molar-refractivity contribution in [3.63, 3.8) is 0 Å². The van der Waals surface area contributed by atoms with Crippen LogP contribution in [0.1, 0.15) is 25.6 Å². The highest BCUT2D eigenvalue weighted by molar-refractivity contribution is 7.89. The molecule has 12 heteroatoms. The first-order valence-electron chi connectivity index (χ1n) is 10.8. The van der Waals surface area contributed by atoms with Crippen molar-refractivity contribution in [3.8, 4) is 0 Å². The van der Waals surface area contributed by atoms with Crippen molar-refractivity contribution >= 4 is 31.1 Å². The molecule has 1 fully saturated rings. The average molecular weight is 493 g/mol. The molecule has 1 aliphatic heterocycles. The van der Waals surface area contributed by atoms with Gasteiger partial charge in [-0.25, -0.2) is 27.0 Å². The number of benzene rings is 1. The van der Waals surface area contributed by atoms with Crippen LogP contribution >= 0.6 is 0 Å². The lowest BCUT2D eigenvalue weighted by Gasteiger charge is -2.33. The zero-order chi connectivity index (χ0) is 23.6. The predicted molar refractivity (Wildman–Crippen MR) is 124 cm³/mol. The number of rotatable bonds is 8. The van der Waals surface area contributed by atoms with Gasteiger partial charge in [-0.15, -0.1) is 0 Å². The second-order valence-electron chi connectivity index (χ2n) is 8.10. The standard InChI is InChI=1S/C21H28N6O4S2/c1-2-3-9-27-20-7-6-17(32(22,28)29)14-19(20)24-21(27)16-25-10-12-26(13-11-25)33(30,31)18-5-4-8-23-15-18/h4-8,14-15H,2-3,9-13,16H2,1H3,(H2,22,28,29). The summed E-state index contributed by atoms with van der Waals surface area (Å²) in [6.45, 7) is 5.32. The van der Waals surface area contributed by atoms with E-state index in [1.54, 1.807) is 24.4 Å². The van der Waals surface area contributed by atoms with Crippen LogP contribution in [0.5, 0.6) is 0 Å². The van der Waals surface area contributed by atoms with E-state index in [0.717, 1.165) is 30.7 Å². The zero-order valence-electron chi connectivity index (χ0n) is 18.5. The molecular formula is C21H28N6O4S2. The van der Waals surface area contributed by atoms with Crippen molar-refractivity contribution in [1.29, 1.82) is 0 Å². The van der Waals surface area contributed by atoms with Crippen molar-refractivity contribution < 1.29 is 16.8 Å². The summed E-state index contributed by atoms with van der Waals surface area (Å²) in [4.78, 5) is 11.0. The van der Waals surface area contributed by atoms with Crippen LogP contribution in [0, 0.1) is 0 Å². The minimum atomic E-state index is -3.81. The fraction of sp³-hybridized carbons (Fsp3) is 0.429. The van der Waals surface area contributed by atoms with Gasteiger partial charge in [0.15, 0.2) is 0 Å². The van der Waals surface area contributed by atoms with Crippen molar-refractivity contribution in [2.75, 3.05) is 26.2 Å². The third-order valence-corrected chi connectivity index (χ3v) is 8.62. The lowest BCUT2D eigenvalue weighted by atomic mass is 10.3. The number of nitrogens with zero attached hydrogens (tertiary/aromatic N) is 5. The van der Waals surface area contributed by atoms with E-state index >= 15 is 0 Å². The normalized spacial score (nSPS) is 16.4. The average Bonchev–Trinajstić information content (AvgIpc) is 3.14. The van der Waals surface area contributed by atoms with Crippen molar-refractivity contribution in [1.82, 2.24) is 23.7 Å². The van der Waals surface area contributed by atoms with E-state index < -0.39 is 20.0 Å². The molecule has 3 aromatic rings. The third-order valence-electron chi connectivity index (χ3n) is 5.83. The Morgan fingerprint density at radius 1 is 1.03 bits per heavy atom. The van der Waals surface area contributed by atoms with Crippen LogP contribution < -0.4 is 5.14 Å². The summed E-state index contributed by atoms with van der Waals surface area (Å²) in [6, 6.07) is 7.94. The second-order valence-corrected chi connectivity index (χ2v) is 11.6. The Kier molecular flexibility index (Phi) is 6.82. The van der Waals surface area contributed by atoms with Gasteiger partial charge in [-0.2, -0.15) is 4.31 Å². The number of sulfonamides is 2. The van der Waals surface area contributed by atoms with Gasteiger partial charge in [0.2, 0.25) is 20.0 Å². The first-order valence-corrected chi connectivity index (χ1v) is 13.8. The summed E-state index contributed by atoms with van der Waals surface area (Å²) >= 11 is 0. The maximum absolute atomic E-state index is 12.8. The van der Waals surface area contributed by atoms with E-state index in [1.807, 2.05) is 0 Å². The number of aryl methyl sites for hydroxylation is 1. The summed E-state index contributed by atoms with van der Waals surface area (Å²) in [5, 5.41) is 5.28. The zero-order valence-corrected chi connectivity index (χ0v) is 20.1. The molecule has 1 aromatic carbocycles. The maximum atomic E-state index is 12.8. The largest absolute Gasteiger partial charge is 0.327 e. The Hall–Kier alpha value is -2.38. The number of unbranched alkanes of at least 4 members (excludes halogenated alkanes) is 1. The predicted octanol–water partition coefficient (Wildman–Crippen LogP) is 1.39. The first-order chi connectivity index (χ1) is 15.7. The number of piperazine rings is 1. The molecule has 3 heterocycles. The Balaban J connectivity index is 1.53. The molecule has 178 valence electrons. The van der Waals surface area contributed by atoms with E-state index in [-0.39, 0.29) is 9.79 Å². The van der Waals surface area contributed by atoms with Gasteiger partial charge < -0.3 is 4.57 Å². The molecule has 10 nitrogen and oxygen atoms in total. The minimum absolute atomic E-state index is 0.0379. The van der Waals surface area contributed by atoms with E-state index in [9.17, 15) is 16.8 Å². The highest BCUT2D eigenvalue weighted by Gasteiger charge is 2.29. The molecule has 4 rings (SSSR count). The van der Waals surface area contributed by atoms with Gasteiger partial charge in [-0.1, -0.05) is 13.3 Å². The van der Waals surface area contributed by atoms with Crippen LogP contribution in [0.2, 0.25) is 0 Å². The lowest BCUT2D eigenvalue weighted by molar-refractivity contribution is 0.176. The minimum Gasteiger partial charge on any atom is -0.327 e. The molecule has 0 spiro atoms. The number of nitrogens with two attached hydrogens (primary N) is 1. The van der Waals surface area contributed by atoms with Crippen LogP contribution in [0.25, 0.3) is 11.0 Å².